The number of nitrogens with zero attached hydrogens (tertiary/aromatic N) is 1. The van der Waals surface area contributed by atoms with Gasteiger partial charge in [0.25, 0.3) is 0 Å². The van der Waals surface area contributed by atoms with Crippen molar-refractivity contribution in [2.75, 3.05) is 13.4 Å². The molecule has 2 heterocycles. The second-order valence-electron chi connectivity index (χ2n) is 6.24. The molecule has 0 fully saturated rings. The summed E-state index contributed by atoms with van der Waals surface area (Å²) in [6, 6.07) is 8.67. The van der Waals surface area contributed by atoms with Crippen LogP contribution in [0, 0.1) is 0 Å². The lowest BCUT2D eigenvalue weighted by Crippen LogP contribution is -2.02. The van der Waals surface area contributed by atoms with Gasteiger partial charge in [0.1, 0.15) is 9.88 Å². The van der Waals surface area contributed by atoms with Gasteiger partial charge in [-0.15, -0.1) is 34.4 Å². The van der Waals surface area contributed by atoms with Crippen LogP contribution in [0.25, 0.3) is 21.8 Å². The van der Waals surface area contributed by atoms with Crippen molar-refractivity contribution in [2.45, 2.75) is 29.9 Å². The number of carbonyl (C=O) groups excluding carboxylic acids is 1. The monoisotopic (exact) mass is 401 g/mol. The molecular formula is C20H19NO2S3. The fourth-order valence-electron chi connectivity index (χ4n) is 3.29. The smallest absolute Gasteiger partial charge is 0.348 e. The van der Waals surface area contributed by atoms with Crippen LogP contribution >= 0.6 is 34.4 Å². The van der Waals surface area contributed by atoms with Gasteiger partial charge in [0.2, 0.25) is 0 Å². The van der Waals surface area contributed by atoms with Crippen LogP contribution in [0.4, 0.5) is 0 Å². The van der Waals surface area contributed by atoms with Gasteiger partial charge < -0.3 is 4.74 Å². The van der Waals surface area contributed by atoms with Gasteiger partial charge in [0, 0.05) is 16.5 Å². The maximum absolute atomic E-state index is 11.7. The first-order valence-corrected chi connectivity index (χ1v) is 11.5. The van der Waals surface area contributed by atoms with E-state index < -0.39 is 0 Å². The number of hydrogen-bond acceptors (Lipinski definition) is 6. The molecule has 0 atom stereocenters. The molecule has 1 aromatic carbocycles. The minimum Gasteiger partial charge on any atom is -0.465 e. The molecule has 1 aliphatic carbocycles. The summed E-state index contributed by atoms with van der Waals surface area (Å²) < 4.78 is 6.02. The maximum Gasteiger partial charge on any atom is 0.348 e. The van der Waals surface area contributed by atoms with Gasteiger partial charge in [-0.25, -0.2) is 9.78 Å². The van der Waals surface area contributed by atoms with E-state index in [4.69, 9.17) is 9.72 Å². The number of thioether (sulfide) groups is 1. The quantitative estimate of drug-likeness (QED) is 0.401. The Labute approximate surface area is 165 Å². The topological polar surface area (TPSA) is 39.2 Å². The van der Waals surface area contributed by atoms with Crippen LogP contribution in [0.5, 0.6) is 0 Å². The molecule has 2 aromatic heterocycles. The molecule has 0 radical (unpaired) electrons. The molecule has 0 aliphatic heterocycles. The Balaban J connectivity index is 1.72. The molecule has 0 N–H and O–H groups in total. The summed E-state index contributed by atoms with van der Waals surface area (Å²) in [6.45, 7) is 0. The fraction of sp³-hybridized carbons (Fsp3) is 0.300. The SMILES string of the molecule is COC(=O)c1cc(-c2nc(-c3ccc4c(c3)CCCC4)c(SC)s2)cs1. The number of ether oxygens (including phenoxy) is 1. The van der Waals surface area contributed by atoms with E-state index in [9.17, 15) is 4.79 Å². The summed E-state index contributed by atoms with van der Waals surface area (Å²) >= 11 is 4.81. The zero-order valence-corrected chi connectivity index (χ0v) is 17.2. The van der Waals surface area contributed by atoms with Gasteiger partial charge in [-0.1, -0.05) is 12.1 Å². The van der Waals surface area contributed by atoms with Crippen molar-refractivity contribution in [1.29, 1.82) is 0 Å². The zero-order valence-electron chi connectivity index (χ0n) is 14.7. The predicted molar refractivity (Wildman–Crippen MR) is 111 cm³/mol. The van der Waals surface area contributed by atoms with Crippen molar-refractivity contribution in [3.63, 3.8) is 0 Å². The number of aromatic nitrogens is 1. The predicted octanol–water partition coefficient (Wildman–Crippen LogP) is 5.93. The minimum atomic E-state index is -0.294. The molecule has 26 heavy (non-hydrogen) atoms. The Kier molecular flexibility index (Phi) is 5.16. The highest BCUT2D eigenvalue weighted by Crippen LogP contribution is 2.41. The average molecular weight is 402 g/mol. The third-order valence-electron chi connectivity index (χ3n) is 4.64. The lowest BCUT2D eigenvalue weighted by molar-refractivity contribution is 0.0606. The Hall–Kier alpha value is -1.63. The molecule has 6 heteroatoms. The van der Waals surface area contributed by atoms with E-state index in [1.807, 2.05) is 11.4 Å². The molecule has 0 spiro atoms. The molecule has 0 amide bonds. The molecule has 0 saturated heterocycles. The Morgan fingerprint density at radius 2 is 1.96 bits per heavy atom. The molecule has 134 valence electrons. The number of esters is 1. The molecule has 3 aromatic rings. The average Bonchev–Trinajstić information content (AvgIpc) is 3.34. The van der Waals surface area contributed by atoms with Crippen molar-refractivity contribution >= 4 is 40.4 Å². The summed E-state index contributed by atoms with van der Waals surface area (Å²) in [5, 5.41) is 2.93. The summed E-state index contributed by atoms with van der Waals surface area (Å²) in [6.07, 6.45) is 7.02. The van der Waals surface area contributed by atoms with Gasteiger partial charge in [-0.2, -0.15) is 0 Å². The lowest BCUT2D eigenvalue weighted by Gasteiger charge is -2.16. The van der Waals surface area contributed by atoms with Crippen molar-refractivity contribution in [1.82, 2.24) is 4.98 Å². The van der Waals surface area contributed by atoms with Crippen molar-refractivity contribution < 1.29 is 9.53 Å². The second kappa shape index (κ2) is 7.55. The van der Waals surface area contributed by atoms with E-state index in [0.717, 1.165) is 16.3 Å². The van der Waals surface area contributed by atoms with Crippen LogP contribution < -0.4 is 0 Å². The molecule has 3 nitrogen and oxygen atoms in total. The summed E-state index contributed by atoms with van der Waals surface area (Å²) in [7, 11) is 1.41. The van der Waals surface area contributed by atoms with Crippen LogP contribution in [0.3, 0.4) is 0 Å². The number of thiazole rings is 1. The molecule has 0 unspecified atom stereocenters. The number of rotatable bonds is 4. The standard InChI is InChI=1S/C20H19NO2S3/c1-23-19(22)16-10-15(11-25-16)18-21-17(20(24-2)26-18)14-8-7-12-5-3-4-6-13(12)9-14/h7-11H,3-6H2,1-2H3. The first-order valence-electron chi connectivity index (χ1n) is 8.54. The molecule has 1 aliphatic rings. The molecule has 4 rings (SSSR count). The van der Waals surface area contributed by atoms with E-state index in [-0.39, 0.29) is 5.97 Å². The number of carbonyl (C=O) groups is 1. The molecule has 0 bridgehead atoms. The van der Waals surface area contributed by atoms with Gasteiger partial charge in [-0.3, -0.25) is 0 Å². The number of hydrogen-bond donors (Lipinski definition) is 0. The van der Waals surface area contributed by atoms with E-state index in [0.29, 0.717) is 4.88 Å². The molecular weight excluding hydrogens is 382 g/mol. The van der Waals surface area contributed by atoms with Crippen LogP contribution in [0.15, 0.2) is 33.9 Å². The van der Waals surface area contributed by atoms with Crippen LogP contribution in [0.2, 0.25) is 0 Å². The molecule has 0 saturated carbocycles. The largest absolute Gasteiger partial charge is 0.465 e. The normalized spacial score (nSPS) is 13.5. The van der Waals surface area contributed by atoms with E-state index >= 15 is 0 Å². The zero-order chi connectivity index (χ0) is 18.1. The van der Waals surface area contributed by atoms with Gasteiger partial charge in [0.05, 0.1) is 17.0 Å². The van der Waals surface area contributed by atoms with Gasteiger partial charge >= 0.3 is 5.97 Å². The number of thiophene rings is 1. The third-order valence-corrected chi connectivity index (χ3v) is 7.76. The number of aryl methyl sites for hydroxylation is 2. The second-order valence-corrected chi connectivity index (χ2v) is 9.23. The van der Waals surface area contributed by atoms with Crippen molar-refractivity contribution in [2.24, 2.45) is 0 Å². The van der Waals surface area contributed by atoms with E-state index in [2.05, 4.69) is 24.5 Å². The number of fused-ring (bicyclic) bond motifs is 1. The Bertz CT molecular complexity index is 958. The maximum atomic E-state index is 11.7. The lowest BCUT2D eigenvalue weighted by atomic mass is 9.90. The highest BCUT2D eigenvalue weighted by molar-refractivity contribution is 8.00. The van der Waals surface area contributed by atoms with Gasteiger partial charge in [0.15, 0.2) is 0 Å². The van der Waals surface area contributed by atoms with Crippen LogP contribution in [0.1, 0.15) is 33.6 Å². The Morgan fingerprint density at radius 3 is 2.73 bits per heavy atom. The van der Waals surface area contributed by atoms with Crippen LogP contribution in [-0.2, 0) is 17.6 Å². The van der Waals surface area contributed by atoms with E-state index in [1.165, 1.54) is 65.0 Å². The summed E-state index contributed by atoms with van der Waals surface area (Å²) in [4.78, 5) is 17.2. The highest BCUT2D eigenvalue weighted by Gasteiger charge is 2.18. The van der Waals surface area contributed by atoms with E-state index in [1.54, 1.807) is 23.1 Å². The highest BCUT2D eigenvalue weighted by atomic mass is 32.2. The summed E-state index contributed by atoms with van der Waals surface area (Å²) in [5.74, 6) is -0.294. The fourth-order valence-corrected chi connectivity index (χ4v) is 5.91. The summed E-state index contributed by atoms with van der Waals surface area (Å²) in [5.41, 5.74) is 6.19. The number of methoxy groups -OCH3 is 1. The van der Waals surface area contributed by atoms with Crippen molar-refractivity contribution in [3.8, 4) is 21.8 Å². The first kappa shape index (κ1) is 17.8. The third kappa shape index (κ3) is 3.33. The minimum absolute atomic E-state index is 0.294. The Morgan fingerprint density at radius 1 is 1.15 bits per heavy atom. The number of benzene rings is 1. The van der Waals surface area contributed by atoms with Crippen LogP contribution in [-0.4, -0.2) is 24.3 Å². The van der Waals surface area contributed by atoms with Gasteiger partial charge in [-0.05, 0) is 55.2 Å². The van der Waals surface area contributed by atoms with Crippen molar-refractivity contribution in [3.05, 3.63) is 45.6 Å². The first-order chi connectivity index (χ1) is 12.7.